The van der Waals surface area contributed by atoms with E-state index in [0.29, 0.717) is 18.8 Å². The van der Waals surface area contributed by atoms with Crippen LogP contribution in [0, 0.1) is 5.82 Å². The maximum absolute atomic E-state index is 13.1. The number of anilines is 1. The van der Waals surface area contributed by atoms with Crippen molar-refractivity contribution < 1.29 is 9.18 Å². The van der Waals surface area contributed by atoms with Crippen molar-refractivity contribution in [3.63, 3.8) is 0 Å². The van der Waals surface area contributed by atoms with Gasteiger partial charge in [-0.05, 0) is 36.4 Å². The smallest absolute Gasteiger partial charge is 0.233 e. The summed E-state index contributed by atoms with van der Waals surface area (Å²) in [5, 5.41) is 1.58. The van der Waals surface area contributed by atoms with Crippen LogP contribution in [-0.4, -0.2) is 52.7 Å². The SMILES string of the molecule is O=C(CSc1nccnc1Sc1ccccc1)N1CCN(c2ccc(F)cc2)CC1. The van der Waals surface area contributed by atoms with E-state index in [1.165, 1.54) is 23.9 Å². The van der Waals surface area contributed by atoms with E-state index in [-0.39, 0.29) is 11.7 Å². The van der Waals surface area contributed by atoms with Crippen LogP contribution in [0.25, 0.3) is 0 Å². The van der Waals surface area contributed by atoms with Crippen LogP contribution in [0.5, 0.6) is 0 Å². The number of piperazine rings is 1. The number of carbonyl (C=O) groups excluding carboxylic acids is 1. The number of carbonyl (C=O) groups is 1. The highest BCUT2D eigenvalue weighted by Gasteiger charge is 2.22. The fourth-order valence-electron chi connectivity index (χ4n) is 3.17. The molecule has 4 rings (SSSR count). The van der Waals surface area contributed by atoms with Crippen molar-refractivity contribution in [2.45, 2.75) is 14.9 Å². The first-order valence-electron chi connectivity index (χ1n) is 9.64. The van der Waals surface area contributed by atoms with Crippen LogP contribution >= 0.6 is 23.5 Å². The molecule has 1 aromatic heterocycles. The average Bonchev–Trinajstić information content (AvgIpc) is 2.80. The molecule has 5 nitrogen and oxygen atoms in total. The Morgan fingerprint density at radius 2 is 1.57 bits per heavy atom. The van der Waals surface area contributed by atoms with Gasteiger partial charge in [-0.2, -0.15) is 0 Å². The van der Waals surface area contributed by atoms with Crippen molar-refractivity contribution >= 4 is 35.1 Å². The van der Waals surface area contributed by atoms with E-state index in [1.54, 1.807) is 36.3 Å². The fourth-order valence-corrected chi connectivity index (χ4v) is 5.00. The summed E-state index contributed by atoms with van der Waals surface area (Å²) in [6.07, 6.45) is 3.33. The van der Waals surface area contributed by atoms with Crippen LogP contribution in [0.2, 0.25) is 0 Å². The first-order chi connectivity index (χ1) is 14.7. The standard InChI is InChI=1S/C22H21FN4OS2/c23-17-6-8-18(9-7-17)26-12-14-27(15-13-26)20(28)16-29-21-22(25-11-10-24-21)30-19-4-2-1-3-5-19/h1-11H,12-16H2. The summed E-state index contributed by atoms with van der Waals surface area (Å²) in [7, 11) is 0. The average molecular weight is 441 g/mol. The molecule has 1 amide bonds. The number of amides is 1. The van der Waals surface area contributed by atoms with Gasteiger partial charge in [-0.15, -0.1) is 0 Å². The molecule has 0 unspecified atom stereocenters. The summed E-state index contributed by atoms with van der Waals surface area (Å²) in [5.74, 6) is 0.191. The summed E-state index contributed by atoms with van der Waals surface area (Å²) in [5.41, 5.74) is 0.986. The molecule has 0 spiro atoms. The molecule has 0 bridgehead atoms. The molecule has 2 heterocycles. The maximum Gasteiger partial charge on any atom is 0.233 e. The second kappa shape index (κ2) is 9.95. The largest absolute Gasteiger partial charge is 0.368 e. The van der Waals surface area contributed by atoms with Gasteiger partial charge in [0, 0.05) is 49.2 Å². The van der Waals surface area contributed by atoms with Crippen molar-refractivity contribution in [3.05, 3.63) is 72.8 Å². The molecule has 0 saturated carbocycles. The van der Waals surface area contributed by atoms with Gasteiger partial charge in [-0.25, -0.2) is 14.4 Å². The summed E-state index contributed by atoms with van der Waals surface area (Å²) >= 11 is 2.97. The van der Waals surface area contributed by atoms with Crippen LogP contribution in [0.15, 0.2) is 81.9 Å². The Morgan fingerprint density at radius 1 is 0.900 bits per heavy atom. The minimum atomic E-state index is -0.238. The molecule has 1 saturated heterocycles. The highest BCUT2D eigenvalue weighted by atomic mass is 32.2. The molecule has 3 aromatic rings. The maximum atomic E-state index is 13.1. The molecule has 154 valence electrons. The van der Waals surface area contributed by atoms with Gasteiger partial charge in [0.1, 0.15) is 15.9 Å². The first-order valence-corrected chi connectivity index (χ1v) is 11.4. The van der Waals surface area contributed by atoms with Gasteiger partial charge < -0.3 is 9.80 Å². The molecule has 30 heavy (non-hydrogen) atoms. The number of hydrogen-bond donors (Lipinski definition) is 0. The molecule has 0 N–H and O–H groups in total. The zero-order chi connectivity index (χ0) is 20.8. The van der Waals surface area contributed by atoms with Crippen molar-refractivity contribution in [2.24, 2.45) is 0 Å². The zero-order valence-corrected chi connectivity index (χ0v) is 17.9. The normalized spacial score (nSPS) is 14.0. The third-order valence-electron chi connectivity index (χ3n) is 4.75. The van der Waals surface area contributed by atoms with Gasteiger partial charge in [0.15, 0.2) is 0 Å². The van der Waals surface area contributed by atoms with Crippen molar-refractivity contribution in [3.8, 4) is 0 Å². The van der Waals surface area contributed by atoms with Gasteiger partial charge in [-0.1, -0.05) is 41.7 Å². The van der Waals surface area contributed by atoms with Crippen LogP contribution in [-0.2, 0) is 4.79 Å². The fraction of sp³-hybridized carbons (Fsp3) is 0.227. The predicted octanol–water partition coefficient (Wildman–Crippen LogP) is 4.21. The summed E-state index contributed by atoms with van der Waals surface area (Å²) in [6.45, 7) is 2.79. The molecule has 1 aliphatic heterocycles. The molecule has 1 aliphatic rings. The third kappa shape index (κ3) is 5.31. The molecule has 0 atom stereocenters. The minimum Gasteiger partial charge on any atom is -0.368 e. The molecular formula is C22H21FN4OS2. The van der Waals surface area contributed by atoms with E-state index >= 15 is 0 Å². The zero-order valence-electron chi connectivity index (χ0n) is 16.3. The quantitative estimate of drug-likeness (QED) is 0.535. The Morgan fingerprint density at radius 3 is 2.27 bits per heavy atom. The molecule has 1 fully saturated rings. The van der Waals surface area contributed by atoms with Crippen LogP contribution < -0.4 is 4.90 Å². The summed E-state index contributed by atoms with van der Waals surface area (Å²) in [4.78, 5) is 26.7. The van der Waals surface area contributed by atoms with Crippen LogP contribution in [0.4, 0.5) is 10.1 Å². The molecule has 0 aliphatic carbocycles. The van der Waals surface area contributed by atoms with Crippen LogP contribution in [0.3, 0.4) is 0 Å². The number of nitrogens with zero attached hydrogens (tertiary/aromatic N) is 4. The second-order valence-corrected chi connectivity index (χ2v) is 8.74. The summed E-state index contributed by atoms with van der Waals surface area (Å²) in [6, 6.07) is 16.5. The summed E-state index contributed by atoms with van der Waals surface area (Å²) < 4.78 is 13.1. The molecule has 2 aromatic carbocycles. The van der Waals surface area contributed by atoms with Crippen molar-refractivity contribution in [1.82, 2.24) is 14.9 Å². The second-order valence-electron chi connectivity index (χ2n) is 6.71. The topological polar surface area (TPSA) is 49.3 Å². The number of aromatic nitrogens is 2. The van der Waals surface area contributed by atoms with E-state index in [1.807, 2.05) is 35.2 Å². The predicted molar refractivity (Wildman–Crippen MR) is 119 cm³/mol. The number of thioether (sulfide) groups is 1. The van der Waals surface area contributed by atoms with Gasteiger partial charge >= 0.3 is 0 Å². The van der Waals surface area contributed by atoms with E-state index in [4.69, 9.17) is 0 Å². The minimum absolute atomic E-state index is 0.0973. The number of hydrogen-bond acceptors (Lipinski definition) is 6. The third-order valence-corrected chi connectivity index (χ3v) is 6.84. The van der Waals surface area contributed by atoms with E-state index < -0.39 is 0 Å². The Labute approximate surface area is 183 Å². The van der Waals surface area contributed by atoms with Gasteiger partial charge in [0.05, 0.1) is 5.75 Å². The van der Waals surface area contributed by atoms with Crippen molar-refractivity contribution in [1.29, 1.82) is 0 Å². The lowest BCUT2D eigenvalue weighted by Gasteiger charge is -2.36. The highest BCUT2D eigenvalue weighted by molar-refractivity contribution is 8.02. The Balaban J connectivity index is 1.31. The monoisotopic (exact) mass is 440 g/mol. The Kier molecular flexibility index (Phi) is 6.86. The number of halogens is 1. The Bertz CT molecular complexity index is 980. The number of rotatable bonds is 6. The first kappa shape index (κ1) is 20.7. The van der Waals surface area contributed by atoms with E-state index in [9.17, 15) is 9.18 Å². The lowest BCUT2D eigenvalue weighted by molar-refractivity contribution is -0.128. The van der Waals surface area contributed by atoms with Gasteiger partial charge in [0.25, 0.3) is 0 Å². The lowest BCUT2D eigenvalue weighted by Crippen LogP contribution is -2.49. The van der Waals surface area contributed by atoms with Gasteiger partial charge in [-0.3, -0.25) is 4.79 Å². The molecule has 0 radical (unpaired) electrons. The van der Waals surface area contributed by atoms with Crippen LogP contribution in [0.1, 0.15) is 0 Å². The molecular weight excluding hydrogens is 419 g/mol. The highest BCUT2D eigenvalue weighted by Crippen LogP contribution is 2.32. The van der Waals surface area contributed by atoms with Crippen molar-refractivity contribution in [2.75, 3.05) is 36.8 Å². The number of benzene rings is 2. The van der Waals surface area contributed by atoms with E-state index in [0.717, 1.165) is 33.7 Å². The van der Waals surface area contributed by atoms with Gasteiger partial charge in [0.2, 0.25) is 5.91 Å². The Hall–Kier alpha value is -2.58. The lowest BCUT2D eigenvalue weighted by atomic mass is 10.2. The van der Waals surface area contributed by atoms with E-state index in [2.05, 4.69) is 14.9 Å². The molecule has 8 heteroatoms.